The first kappa shape index (κ1) is 26.2. The first-order valence-electron chi connectivity index (χ1n) is 12.7. The van der Waals surface area contributed by atoms with Crippen LogP contribution >= 0.6 is 0 Å². The zero-order valence-corrected chi connectivity index (χ0v) is 21.8. The topological polar surface area (TPSA) is 76.2 Å². The zero-order valence-electron chi connectivity index (χ0n) is 21.8. The molecule has 4 rings (SSSR count). The number of nitrogens with zero attached hydrogens (tertiary/aromatic N) is 4. The van der Waals surface area contributed by atoms with Crippen molar-refractivity contribution in [2.45, 2.75) is 52.5 Å². The van der Waals surface area contributed by atoms with Crippen LogP contribution in [0.25, 0.3) is 0 Å². The normalized spacial score (nSPS) is 20.1. The van der Waals surface area contributed by atoms with E-state index in [0.29, 0.717) is 19.5 Å². The number of hydrazine groups is 1. The Balaban J connectivity index is 1.66. The van der Waals surface area contributed by atoms with E-state index >= 15 is 0 Å². The van der Waals surface area contributed by atoms with Gasteiger partial charge in [0.1, 0.15) is 12.2 Å². The molecule has 0 bridgehead atoms. The average Bonchev–Trinajstić information content (AvgIpc) is 2.86. The fourth-order valence-electron chi connectivity index (χ4n) is 5.14. The molecule has 0 aromatic heterocycles. The fourth-order valence-corrected chi connectivity index (χ4v) is 5.14. The highest BCUT2D eigenvalue weighted by Crippen LogP contribution is 2.30. The summed E-state index contributed by atoms with van der Waals surface area (Å²) in [6.45, 7) is 7.07. The highest BCUT2D eigenvalue weighted by Gasteiger charge is 2.51. The van der Waals surface area contributed by atoms with Crippen molar-refractivity contribution in [3.63, 3.8) is 0 Å². The lowest BCUT2D eigenvalue weighted by Gasteiger charge is -2.55. The number of aryl methyl sites for hydroxylation is 1. The van der Waals surface area contributed by atoms with Crippen molar-refractivity contribution >= 4 is 17.8 Å². The molecule has 2 saturated heterocycles. The number of benzene rings is 2. The number of carbonyl (C=O) groups excluding carboxylic acids is 3. The predicted octanol–water partition coefficient (Wildman–Crippen LogP) is 2.98. The number of carbonyl (C=O) groups is 3. The number of hydrogen-bond donors (Lipinski definition) is 1. The third-order valence-corrected chi connectivity index (χ3v) is 6.75. The Morgan fingerprint density at radius 3 is 2.51 bits per heavy atom. The number of amides is 4. The fraction of sp³-hybridized carbons (Fsp3) is 0.414. The van der Waals surface area contributed by atoms with Gasteiger partial charge in [0.25, 0.3) is 0 Å². The van der Waals surface area contributed by atoms with Gasteiger partial charge in [0.05, 0.1) is 19.6 Å². The van der Waals surface area contributed by atoms with Crippen molar-refractivity contribution in [3.05, 3.63) is 71.3 Å². The average molecular weight is 502 g/mol. The lowest BCUT2D eigenvalue weighted by atomic mass is 9.96. The second-order valence-electron chi connectivity index (χ2n) is 10.2. The molecule has 2 aliphatic heterocycles. The number of piperazine rings is 1. The van der Waals surface area contributed by atoms with Crippen molar-refractivity contribution in [2.24, 2.45) is 5.92 Å². The summed E-state index contributed by atoms with van der Waals surface area (Å²) in [5.74, 6) is 2.48. The number of urea groups is 1. The molecule has 8 heteroatoms. The van der Waals surface area contributed by atoms with Crippen molar-refractivity contribution in [3.8, 4) is 12.3 Å². The van der Waals surface area contributed by atoms with Gasteiger partial charge in [-0.05, 0) is 30.4 Å². The summed E-state index contributed by atoms with van der Waals surface area (Å²) >= 11 is 0. The van der Waals surface area contributed by atoms with Crippen LogP contribution in [0, 0.1) is 25.2 Å². The Labute approximate surface area is 219 Å². The van der Waals surface area contributed by atoms with E-state index in [0.717, 1.165) is 16.7 Å². The van der Waals surface area contributed by atoms with Gasteiger partial charge >= 0.3 is 6.03 Å². The first-order chi connectivity index (χ1) is 17.8. The predicted molar refractivity (Wildman–Crippen MR) is 141 cm³/mol. The molecule has 0 aliphatic carbocycles. The van der Waals surface area contributed by atoms with E-state index in [-0.39, 0.29) is 43.4 Å². The molecule has 194 valence electrons. The van der Waals surface area contributed by atoms with E-state index in [1.807, 2.05) is 69.3 Å². The Morgan fingerprint density at radius 1 is 1.11 bits per heavy atom. The van der Waals surface area contributed by atoms with Gasteiger partial charge in [0.15, 0.2) is 0 Å². The molecule has 0 spiro atoms. The molecule has 2 atom stereocenters. The van der Waals surface area contributed by atoms with Crippen molar-refractivity contribution < 1.29 is 14.4 Å². The van der Waals surface area contributed by atoms with Gasteiger partial charge in [-0.25, -0.2) is 9.80 Å². The smallest absolute Gasteiger partial charge is 0.333 e. The summed E-state index contributed by atoms with van der Waals surface area (Å²) in [4.78, 5) is 44.1. The van der Waals surface area contributed by atoms with E-state index in [1.54, 1.807) is 19.8 Å². The summed E-state index contributed by atoms with van der Waals surface area (Å²) in [5.41, 5.74) is 3.08. The molecule has 4 amide bonds. The van der Waals surface area contributed by atoms with Crippen molar-refractivity contribution in [1.82, 2.24) is 25.1 Å². The minimum absolute atomic E-state index is 0.0563. The van der Waals surface area contributed by atoms with Crippen LogP contribution in [0.3, 0.4) is 0 Å². The maximum absolute atomic E-state index is 13.7. The van der Waals surface area contributed by atoms with Crippen LogP contribution in [0.2, 0.25) is 0 Å². The molecule has 0 radical (unpaired) electrons. The molecule has 2 aliphatic rings. The maximum Gasteiger partial charge on any atom is 0.334 e. The van der Waals surface area contributed by atoms with Gasteiger partial charge in [0.2, 0.25) is 11.8 Å². The lowest BCUT2D eigenvalue weighted by Crippen LogP contribution is -2.76. The largest absolute Gasteiger partial charge is 0.334 e. The monoisotopic (exact) mass is 501 g/mol. The Bertz CT molecular complexity index is 1180. The van der Waals surface area contributed by atoms with Gasteiger partial charge in [-0.3, -0.25) is 9.59 Å². The molecular weight excluding hydrogens is 466 g/mol. The highest BCUT2D eigenvalue weighted by molar-refractivity contribution is 5.91. The quantitative estimate of drug-likeness (QED) is 0.592. The van der Waals surface area contributed by atoms with Gasteiger partial charge in [-0.2, -0.15) is 5.01 Å². The van der Waals surface area contributed by atoms with Crippen LogP contribution < -0.4 is 5.32 Å². The number of terminal acetylenes is 1. The molecule has 1 N–H and O–H groups in total. The number of nitrogens with one attached hydrogen (secondary N) is 1. The standard InChI is InChI=1S/C29H35N5O3/c1-5-14-32-20-27(35)33-25(15-21(2)3)28(36)31(18-24-13-9-10-22(4)16-24)19-26(33)34(32)29(37)30-17-23-11-7-6-8-12-23/h1,6-13,16,21,25-26H,14-15,17-20H2,2-4H3,(H,30,37)/t25-,26-/m0/s1. The van der Waals surface area contributed by atoms with Crippen molar-refractivity contribution in [1.29, 1.82) is 0 Å². The van der Waals surface area contributed by atoms with E-state index in [9.17, 15) is 14.4 Å². The molecule has 2 aromatic rings. The van der Waals surface area contributed by atoms with Crippen LogP contribution in [0.5, 0.6) is 0 Å². The number of fused-ring (bicyclic) bond motifs is 1. The highest BCUT2D eigenvalue weighted by atomic mass is 16.2. The number of hydrogen-bond acceptors (Lipinski definition) is 4. The van der Waals surface area contributed by atoms with Crippen LogP contribution in [0.15, 0.2) is 54.6 Å². The Kier molecular flexibility index (Phi) is 8.14. The molecule has 2 aromatic carbocycles. The third kappa shape index (κ3) is 5.95. The van der Waals surface area contributed by atoms with Crippen LogP contribution in [-0.2, 0) is 22.7 Å². The van der Waals surface area contributed by atoms with Gasteiger partial charge in [0, 0.05) is 13.1 Å². The molecule has 8 nitrogen and oxygen atoms in total. The maximum atomic E-state index is 13.7. The summed E-state index contributed by atoms with van der Waals surface area (Å²) in [5, 5.41) is 6.14. The molecule has 37 heavy (non-hydrogen) atoms. The Morgan fingerprint density at radius 2 is 1.84 bits per heavy atom. The number of rotatable bonds is 7. The van der Waals surface area contributed by atoms with E-state index in [4.69, 9.17) is 6.42 Å². The van der Waals surface area contributed by atoms with Crippen LogP contribution in [0.4, 0.5) is 4.79 Å². The molecule has 0 unspecified atom stereocenters. The van der Waals surface area contributed by atoms with Crippen molar-refractivity contribution in [2.75, 3.05) is 19.6 Å². The van der Waals surface area contributed by atoms with E-state index < -0.39 is 12.2 Å². The second-order valence-corrected chi connectivity index (χ2v) is 10.2. The van der Waals surface area contributed by atoms with Crippen LogP contribution in [-0.4, -0.2) is 69.5 Å². The van der Waals surface area contributed by atoms with Gasteiger partial charge in [-0.1, -0.05) is 79.9 Å². The first-order valence-corrected chi connectivity index (χ1v) is 12.7. The van der Waals surface area contributed by atoms with Gasteiger partial charge in [-0.15, -0.1) is 6.42 Å². The minimum atomic E-state index is -0.656. The summed E-state index contributed by atoms with van der Waals surface area (Å²) < 4.78 is 0. The SMILES string of the molecule is C#CCN1CC(=O)N2[C@@H](CC(C)C)C(=O)N(Cc3cccc(C)c3)C[C@@H]2N1C(=O)NCc1ccccc1. The lowest BCUT2D eigenvalue weighted by molar-refractivity contribution is -0.190. The molecule has 2 heterocycles. The summed E-state index contributed by atoms with van der Waals surface area (Å²) in [6, 6.07) is 16.7. The molecule has 0 saturated carbocycles. The minimum Gasteiger partial charge on any atom is -0.333 e. The van der Waals surface area contributed by atoms with Crippen LogP contribution in [0.1, 0.15) is 37.0 Å². The Hall–Kier alpha value is -3.83. The van der Waals surface area contributed by atoms with E-state index in [2.05, 4.69) is 17.3 Å². The second kappa shape index (κ2) is 11.5. The summed E-state index contributed by atoms with van der Waals surface area (Å²) in [6.07, 6.45) is 5.48. The zero-order chi connectivity index (χ0) is 26.5. The van der Waals surface area contributed by atoms with Gasteiger partial charge < -0.3 is 15.1 Å². The molecule has 2 fully saturated rings. The molecular formula is C29H35N5O3. The summed E-state index contributed by atoms with van der Waals surface area (Å²) in [7, 11) is 0. The third-order valence-electron chi connectivity index (χ3n) is 6.75. The van der Waals surface area contributed by atoms with E-state index in [1.165, 1.54) is 0 Å².